The molecule has 0 N–H and O–H groups in total. The van der Waals surface area contributed by atoms with E-state index in [1.807, 2.05) is 5.57 Å². The van der Waals surface area contributed by atoms with Crippen molar-refractivity contribution in [2.75, 3.05) is 0 Å². The monoisotopic (exact) mass is 524 g/mol. The predicted octanol–water partition coefficient (Wildman–Crippen LogP) is 8.76. The number of allylic oxidation sites excluding steroid dienone is 1. The Morgan fingerprint density at radius 1 is 1.10 bits per heavy atom. The van der Waals surface area contributed by atoms with Crippen molar-refractivity contribution >= 4 is 23.0 Å². The summed E-state index contributed by atoms with van der Waals surface area (Å²) in [5.41, 5.74) is 3.05. The Kier molecular flexibility index (Phi) is 6.18. The molecular formula is C28H45IO. The van der Waals surface area contributed by atoms with Crippen LogP contribution in [0.1, 0.15) is 105 Å². The molecule has 0 aliphatic heterocycles. The van der Waals surface area contributed by atoms with Gasteiger partial charge in [-0.1, -0.05) is 58.6 Å². The van der Waals surface area contributed by atoms with Gasteiger partial charge < -0.3 is 3.07 Å². The molecule has 5 aliphatic rings. The van der Waals surface area contributed by atoms with Gasteiger partial charge in [0.25, 0.3) is 0 Å². The van der Waals surface area contributed by atoms with Crippen LogP contribution in [-0.4, -0.2) is 6.10 Å². The molecule has 0 heterocycles. The number of rotatable bonds is 6. The van der Waals surface area contributed by atoms with Crippen LogP contribution in [0.3, 0.4) is 0 Å². The van der Waals surface area contributed by atoms with Crippen LogP contribution < -0.4 is 0 Å². The highest BCUT2D eigenvalue weighted by Gasteiger charge is 2.65. The minimum Gasteiger partial charge on any atom is -0.312 e. The molecule has 0 amide bonds. The zero-order valence-corrected chi connectivity index (χ0v) is 22.1. The fraction of sp³-hybridized carbons (Fsp3) is 0.929. The summed E-state index contributed by atoms with van der Waals surface area (Å²) in [6, 6.07) is 0. The molecule has 170 valence electrons. The van der Waals surface area contributed by atoms with Gasteiger partial charge in [0.05, 0.1) is 6.10 Å². The standard InChI is InChI=1S/C28H45IO/c1-18(2)6-5-7-19(3)24-10-11-25-23-9-8-21-16-22(30-29)13-15-28(21)14-12-20(26(23)28)17-27(24,25)4/h8,18-20,22-26H,5-7,9-17H2,1-4H3. The molecule has 5 rings (SSSR count). The lowest BCUT2D eigenvalue weighted by molar-refractivity contribution is -0.0687. The summed E-state index contributed by atoms with van der Waals surface area (Å²) >= 11 is 2.15. The van der Waals surface area contributed by atoms with E-state index in [1.165, 1.54) is 70.6 Å². The molecule has 0 aromatic rings. The molecular weight excluding hydrogens is 479 g/mol. The van der Waals surface area contributed by atoms with E-state index in [-0.39, 0.29) is 0 Å². The van der Waals surface area contributed by atoms with Crippen molar-refractivity contribution in [3.8, 4) is 0 Å². The Labute approximate surface area is 200 Å². The largest absolute Gasteiger partial charge is 0.312 e. The minimum absolute atomic E-state index is 0.481. The fourth-order valence-electron chi connectivity index (χ4n) is 10.1. The molecule has 0 aromatic heterocycles. The summed E-state index contributed by atoms with van der Waals surface area (Å²) in [6.45, 7) is 10.2. The van der Waals surface area contributed by atoms with E-state index in [9.17, 15) is 0 Å². The molecule has 9 atom stereocenters. The van der Waals surface area contributed by atoms with Crippen molar-refractivity contribution in [1.29, 1.82) is 0 Å². The third-order valence-corrected chi connectivity index (χ3v) is 11.9. The Bertz CT molecular complexity index is 670. The molecule has 0 saturated heterocycles. The van der Waals surface area contributed by atoms with Gasteiger partial charge in [-0.2, -0.15) is 0 Å². The van der Waals surface area contributed by atoms with Crippen LogP contribution in [-0.2, 0) is 3.07 Å². The molecule has 0 aromatic carbocycles. The Balaban J connectivity index is 1.37. The summed E-state index contributed by atoms with van der Waals surface area (Å²) in [7, 11) is 0. The lowest BCUT2D eigenvalue weighted by atomic mass is 9.46. The molecule has 0 bridgehead atoms. The second-order valence-corrected chi connectivity index (χ2v) is 13.4. The Morgan fingerprint density at radius 3 is 2.67 bits per heavy atom. The quantitative estimate of drug-likeness (QED) is 0.249. The second kappa shape index (κ2) is 8.33. The fourth-order valence-corrected chi connectivity index (χ4v) is 10.5. The van der Waals surface area contributed by atoms with E-state index in [0.29, 0.717) is 16.9 Å². The zero-order chi connectivity index (χ0) is 21.1. The third-order valence-electron chi connectivity index (χ3n) is 11.2. The van der Waals surface area contributed by atoms with Crippen LogP contribution in [0.25, 0.3) is 0 Å². The van der Waals surface area contributed by atoms with Crippen molar-refractivity contribution in [3.05, 3.63) is 11.6 Å². The van der Waals surface area contributed by atoms with Crippen molar-refractivity contribution in [2.45, 2.75) is 111 Å². The average Bonchev–Trinajstić information content (AvgIpc) is 3.26. The first kappa shape index (κ1) is 22.2. The van der Waals surface area contributed by atoms with E-state index in [4.69, 9.17) is 3.07 Å². The van der Waals surface area contributed by atoms with Crippen LogP contribution in [0.2, 0.25) is 0 Å². The van der Waals surface area contributed by atoms with Gasteiger partial charge >= 0.3 is 0 Å². The molecule has 2 heteroatoms. The first-order valence-electron chi connectivity index (χ1n) is 13.4. The third kappa shape index (κ3) is 3.39. The van der Waals surface area contributed by atoms with Gasteiger partial charge in [-0.3, -0.25) is 0 Å². The molecule has 1 spiro atoms. The second-order valence-electron chi connectivity index (χ2n) is 12.9. The summed E-state index contributed by atoms with van der Waals surface area (Å²) in [4.78, 5) is 0. The van der Waals surface area contributed by atoms with Gasteiger partial charge in [0.1, 0.15) is 23.0 Å². The summed E-state index contributed by atoms with van der Waals surface area (Å²) < 4.78 is 5.78. The van der Waals surface area contributed by atoms with E-state index in [1.54, 1.807) is 6.42 Å². The zero-order valence-electron chi connectivity index (χ0n) is 20.0. The maximum absolute atomic E-state index is 5.78. The molecule has 5 aliphatic carbocycles. The van der Waals surface area contributed by atoms with E-state index in [2.05, 4.69) is 56.8 Å². The van der Waals surface area contributed by atoms with Gasteiger partial charge in [-0.05, 0) is 110 Å². The first-order chi connectivity index (χ1) is 14.4. The van der Waals surface area contributed by atoms with Crippen LogP contribution in [0.4, 0.5) is 0 Å². The van der Waals surface area contributed by atoms with E-state index < -0.39 is 0 Å². The van der Waals surface area contributed by atoms with Gasteiger partial charge in [0, 0.05) is 0 Å². The minimum atomic E-state index is 0.481. The maximum atomic E-state index is 5.78. The molecule has 4 saturated carbocycles. The normalized spacial score (nSPS) is 48.1. The molecule has 30 heavy (non-hydrogen) atoms. The smallest absolute Gasteiger partial charge is 0.110 e. The predicted molar refractivity (Wildman–Crippen MR) is 134 cm³/mol. The van der Waals surface area contributed by atoms with Crippen LogP contribution in [0.15, 0.2) is 11.6 Å². The highest BCUT2D eigenvalue weighted by molar-refractivity contribution is 14.1. The maximum Gasteiger partial charge on any atom is 0.110 e. The van der Waals surface area contributed by atoms with Crippen molar-refractivity contribution in [3.63, 3.8) is 0 Å². The molecule has 4 fully saturated rings. The van der Waals surface area contributed by atoms with E-state index in [0.717, 1.165) is 41.4 Å². The number of halogens is 1. The lowest BCUT2D eigenvalue weighted by Crippen LogP contribution is -2.52. The van der Waals surface area contributed by atoms with Crippen LogP contribution in [0.5, 0.6) is 0 Å². The van der Waals surface area contributed by atoms with Crippen LogP contribution >= 0.6 is 23.0 Å². The topological polar surface area (TPSA) is 9.23 Å². The SMILES string of the molecule is CC(C)CCCC(C)C1CCC2C3CC=C4CC(OI)CCC45CCC(CC12C)C35. The van der Waals surface area contributed by atoms with Crippen molar-refractivity contribution in [2.24, 2.45) is 52.3 Å². The lowest BCUT2D eigenvalue weighted by Gasteiger charge is -2.58. The number of fused-ring (bicyclic) bond motifs is 2. The highest BCUT2D eigenvalue weighted by Crippen LogP contribution is 2.73. The molecule has 9 unspecified atom stereocenters. The first-order valence-corrected chi connectivity index (χ1v) is 14.2. The average molecular weight is 525 g/mol. The Hall–Kier alpha value is 0.430. The summed E-state index contributed by atoms with van der Waals surface area (Å²) in [5.74, 6) is 6.80. The van der Waals surface area contributed by atoms with Crippen molar-refractivity contribution < 1.29 is 3.07 Å². The Morgan fingerprint density at radius 2 is 1.90 bits per heavy atom. The van der Waals surface area contributed by atoms with E-state index >= 15 is 0 Å². The highest BCUT2D eigenvalue weighted by atomic mass is 127. The molecule has 0 radical (unpaired) electrons. The number of hydrogen-bond acceptors (Lipinski definition) is 1. The summed E-state index contributed by atoms with van der Waals surface area (Å²) in [5, 5.41) is 0. The van der Waals surface area contributed by atoms with Gasteiger partial charge in [-0.25, -0.2) is 0 Å². The van der Waals surface area contributed by atoms with Crippen molar-refractivity contribution in [1.82, 2.24) is 0 Å². The number of hydrogen-bond donors (Lipinski definition) is 0. The van der Waals surface area contributed by atoms with Gasteiger partial charge in [0.15, 0.2) is 0 Å². The molecule has 1 nitrogen and oxygen atoms in total. The van der Waals surface area contributed by atoms with Gasteiger partial charge in [0.2, 0.25) is 0 Å². The summed E-state index contributed by atoms with van der Waals surface area (Å²) in [6.07, 6.45) is 20.5. The van der Waals surface area contributed by atoms with Gasteiger partial charge in [-0.15, -0.1) is 0 Å². The van der Waals surface area contributed by atoms with Crippen LogP contribution in [0, 0.1) is 52.3 Å².